The Morgan fingerprint density at radius 3 is 2.50 bits per heavy atom. The summed E-state index contributed by atoms with van der Waals surface area (Å²) in [4.78, 5) is 22.9. The van der Waals surface area contributed by atoms with Crippen LogP contribution < -0.4 is 4.74 Å². The first-order valence-corrected chi connectivity index (χ1v) is 7.12. The highest BCUT2D eigenvalue weighted by Gasteiger charge is 2.09. The number of para-hydroxylation sites is 1. The molecule has 0 heterocycles. The van der Waals surface area contributed by atoms with Crippen LogP contribution in [-0.4, -0.2) is 18.5 Å². The number of unbranched alkanes of at least 4 members (excludes halogenated alkanes) is 1. The van der Waals surface area contributed by atoms with Crippen LogP contribution in [0.2, 0.25) is 5.02 Å². The molecule has 0 bridgehead atoms. The first-order chi connectivity index (χ1) is 9.63. The average molecular weight is 299 g/mol. The van der Waals surface area contributed by atoms with E-state index in [1.165, 1.54) is 0 Å². The Balaban J connectivity index is 2.20. The summed E-state index contributed by atoms with van der Waals surface area (Å²) in [5.74, 6) is -0.340. The van der Waals surface area contributed by atoms with Crippen LogP contribution in [0.3, 0.4) is 0 Å². The molecule has 1 aromatic rings. The van der Waals surface area contributed by atoms with Crippen LogP contribution in [0.15, 0.2) is 24.3 Å². The van der Waals surface area contributed by atoms with E-state index >= 15 is 0 Å². The van der Waals surface area contributed by atoms with Crippen molar-refractivity contribution in [3.63, 3.8) is 0 Å². The lowest BCUT2D eigenvalue weighted by Crippen LogP contribution is -2.10. The van der Waals surface area contributed by atoms with Gasteiger partial charge in [0, 0.05) is 12.8 Å². The molecule has 5 heteroatoms. The molecule has 0 aromatic heterocycles. The van der Waals surface area contributed by atoms with Gasteiger partial charge >= 0.3 is 11.9 Å². The zero-order valence-corrected chi connectivity index (χ0v) is 12.3. The van der Waals surface area contributed by atoms with E-state index in [1.54, 1.807) is 24.3 Å². The predicted molar refractivity (Wildman–Crippen MR) is 76.8 cm³/mol. The molecule has 0 N–H and O–H groups in total. The smallest absolute Gasteiger partial charge is 0.311 e. The van der Waals surface area contributed by atoms with E-state index < -0.39 is 5.97 Å². The number of esters is 2. The zero-order valence-electron chi connectivity index (χ0n) is 11.6. The molecule has 110 valence electrons. The van der Waals surface area contributed by atoms with Crippen molar-refractivity contribution < 1.29 is 19.1 Å². The normalized spacial score (nSPS) is 10.1. The molecule has 1 aromatic carbocycles. The van der Waals surface area contributed by atoms with Crippen LogP contribution in [0.25, 0.3) is 0 Å². The largest absolute Gasteiger partial charge is 0.466 e. The highest BCUT2D eigenvalue weighted by Crippen LogP contribution is 2.23. The molecule has 0 unspecified atom stereocenters. The highest BCUT2D eigenvalue weighted by molar-refractivity contribution is 6.32. The molecule has 0 amide bonds. The van der Waals surface area contributed by atoms with Gasteiger partial charge in [-0.3, -0.25) is 9.59 Å². The van der Waals surface area contributed by atoms with Crippen molar-refractivity contribution >= 4 is 23.5 Å². The molecule has 4 nitrogen and oxygen atoms in total. The van der Waals surface area contributed by atoms with Crippen molar-refractivity contribution in [3.8, 4) is 5.75 Å². The van der Waals surface area contributed by atoms with Gasteiger partial charge in [-0.1, -0.05) is 37.1 Å². The number of carbonyl (C=O) groups excluding carboxylic acids is 2. The van der Waals surface area contributed by atoms with E-state index in [2.05, 4.69) is 0 Å². The van der Waals surface area contributed by atoms with Gasteiger partial charge in [0.1, 0.15) is 5.75 Å². The number of ether oxygens (including phenoxy) is 2. The third-order valence-electron chi connectivity index (χ3n) is 2.58. The van der Waals surface area contributed by atoms with E-state index in [0.717, 1.165) is 12.8 Å². The lowest BCUT2D eigenvalue weighted by Gasteiger charge is -2.06. The van der Waals surface area contributed by atoms with Gasteiger partial charge in [-0.05, 0) is 25.0 Å². The molecule has 0 saturated carbocycles. The summed E-state index contributed by atoms with van der Waals surface area (Å²) >= 11 is 5.87. The summed E-state index contributed by atoms with van der Waals surface area (Å²) in [6.45, 7) is 2.47. The summed E-state index contributed by atoms with van der Waals surface area (Å²) in [5, 5.41) is 0.389. The molecule has 0 radical (unpaired) electrons. The lowest BCUT2D eigenvalue weighted by atomic mass is 10.2. The second-order valence-electron chi connectivity index (χ2n) is 4.33. The second kappa shape index (κ2) is 9.37. The van der Waals surface area contributed by atoms with Crippen molar-refractivity contribution in [2.75, 3.05) is 6.61 Å². The Morgan fingerprint density at radius 1 is 1.10 bits per heavy atom. The van der Waals surface area contributed by atoms with Gasteiger partial charge in [0.05, 0.1) is 11.6 Å². The molecular formula is C15H19ClO4. The Labute approximate surface area is 124 Å². The molecule has 20 heavy (non-hydrogen) atoms. The fourth-order valence-corrected chi connectivity index (χ4v) is 1.66. The fourth-order valence-electron chi connectivity index (χ4n) is 1.48. The van der Waals surface area contributed by atoms with Gasteiger partial charge in [-0.15, -0.1) is 0 Å². The maximum Gasteiger partial charge on any atom is 0.311 e. The number of carbonyl (C=O) groups is 2. The van der Waals surface area contributed by atoms with Gasteiger partial charge in [0.25, 0.3) is 0 Å². The SMILES string of the molecule is CCCCOC(=O)CCCC(=O)Oc1ccccc1Cl. The molecule has 0 aliphatic heterocycles. The number of hydrogen-bond donors (Lipinski definition) is 0. The van der Waals surface area contributed by atoms with Gasteiger partial charge in [0.15, 0.2) is 0 Å². The van der Waals surface area contributed by atoms with Crippen molar-refractivity contribution in [2.24, 2.45) is 0 Å². The molecule has 1 rings (SSSR count). The number of benzene rings is 1. The Kier molecular flexibility index (Phi) is 7.73. The summed E-state index contributed by atoms with van der Waals surface area (Å²) in [6, 6.07) is 6.76. The maximum absolute atomic E-state index is 11.6. The average Bonchev–Trinajstić information content (AvgIpc) is 2.42. The first kappa shape index (κ1) is 16.5. The minimum absolute atomic E-state index is 0.161. The van der Waals surface area contributed by atoms with Crippen LogP contribution in [0.1, 0.15) is 39.0 Å². The predicted octanol–water partition coefficient (Wildman–Crippen LogP) is 3.76. The number of halogens is 1. The third kappa shape index (κ3) is 6.57. The van der Waals surface area contributed by atoms with E-state index in [-0.39, 0.29) is 18.8 Å². The molecule has 0 spiro atoms. The summed E-state index contributed by atoms with van der Waals surface area (Å²) in [7, 11) is 0. The second-order valence-corrected chi connectivity index (χ2v) is 4.74. The summed E-state index contributed by atoms with van der Waals surface area (Å²) in [5.41, 5.74) is 0. The molecule has 0 fully saturated rings. The van der Waals surface area contributed by atoms with Crippen LogP contribution >= 0.6 is 11.6 Å². The number of rotatable bonds is 8. The quantitative estimate of drug-likeness (QED) is 0.416. The van der Waals surface area contributed by atoms with Crippen molar-refractivity contribution in [1.29, 1.82) is 0 Å². The molecule has 0 saturated heterocycles. The van der Waals surface area contributed by atoms with Crippen LogP contribution in [-0.2, 0) is 14.3 Å². The van der Waals surface area contributed by atoms with E-state index in [0.29, 0.717) is 23.8 Å². The van der Waals surface area contributed by atoms with E-state index in [4.69, 9.17) is 21.1 Å². The topological polar surface area (TPSA) is 52.6 Å². The monoisotopic (exact) mass is 298 g/mol. The summed E-state index contributed by atoms with van der Waals surface area (Å²) in [6.07, 6.45) is 2.64. The van der Waals surface area contributed by atoms with Gasteiger partial charge in [-0.2, -0.15) is 0 Å². The molecule has 0 aliphatic carbocycles. The van der Waals surface area contributed by atoms with Crippen molar-refractivity contribution in [2.45, 2.75) is 39.0 Å². The minimum Gasteiger partial charge on any atom is -0.466 e. The van der Waals surface area contributed by atoms with Gasteiger partial charge in [0.2, 0.25) is 0 Å². The fraction of sp³-hybridized carbons (Fsp3) is 0.467. The van der Waals surface area contributed by atoms with Crippen LogP contribution in [0, 0.1) is 0 Å². The van der Waals surface area contributed by atoms with Crippen molar-refractivity contribution in [1.82, 2.24) is 0 Å². The van der Waals surface area contributed by atoms with Crippen molar-refractivity contribution in [3.05, 3.63) is 29.3 Å². The van der Waals surface area contributed by atoms with Gasteiger partial charge in [-0.25, -0.2) is 0 Å². The molecule has 0 atom stereocenters. The lowest BCUT2D eigenvalue weighted by molar-refractivity contribution is -0.144. The number of hydrogen-bond acceptors (Lipinski definition) is 4. The summed E-state index contributed by atoms with van der Waals surface area (Å²) < 4.78 is 10.1. The minimum atomic E-state index is -0.403. The van der Waals surface area contributed by atoms with Gasteiger partial charge < -0.3 is 9.47 Å². The zero-order chi connectivity index (χ0) is 14.8. The van der Waals surface area contributed by atoms with E-state index in [9.17, 15) is 9.59 Å². The van der Waals surface area contributed by atoms with Crippen LogP contribution in [0.4, 0.5) is 0 Å². The van der Waals surface area contributed by atoms with E-state index in [1.807, 2.05) is 6.92 Å². The Morgan fingerprint density at radius 2 is 1.80 bits per heavy atom. The Hall–Kier alpha value is -1.55. The Bertz CT molecular complexity index is 445. The first-order valence-electron chi connectivity index (χ1n) is 6.74. The molecular weight excluding hydrogens is 280 g/mol. The molecule has 0 aliphatic rings. The standard InChI is InChI=1S/C15H19ClO4/c1-2-3-11-19-14(17)9-6-10-15(18)20-13-8-5-4-7-12(13)16/h4-5,7-8H,2-3,6,9-11H2,1H3. The highest BCUT2D eigenvalue weighted by atomic mass is 35.5. The van der Waals surface area contributed by atoms with Crippen LogP contribution in [0.5, 0.6) is 5.75 Å². The maximum atomic E-state index is 11.6. The third-order valence-corrected chi connectivity index (χ3v) is 2.90.